The van der Waals surface area contributed by atoms with E-state index < -0.39 is 22.5 Å². The Morgan fingerprint density at radius 3 is 1.76 bits per heavy atom. The molecule has 2 aromatic heterocycles. The van der Waals surface area contributed by atoms with Crippen LogP contribution in [-0.2, 0) is 33.7 Å². The molecule has 15 heteroatoms. The number of hydrogen-bond donors (Lipinski definition) is 1. The Labute approximate surface area is 302 Å². The van der Waals surface area contributed by atoms with Crippen molar-refractivity contribution in [3.63, 3.8) is 0 Å². The van der Waals surface area contributed by atoms with Gasteiger partial charge in [-0.25, -0.2) is 19.0 Å². The molecule has 0 unspecified atom stereocenters. The van der Waals surface area contributed by atoms with Crippen LogP contribution in [0.3, 0.4) is 0 Å². The molecule has 3 heterocycles. The second-order valence-corrected chi connectivity index (χ2v) is 12.9. The molecule has 51 heavy (non-hydrogen) atoms. The lowest BCUT2D eigenvalue weighted by molar-refractivity contribution is 0.208. The maximum absolute atomic E-state index is 12.7. The molecule has 1 atom stereocenters. The Balaban J connectivity index is 0.000000226. The van der Waals surface area contributed by atoms with E-state index in [1.54, 1.807) is 26.4 Å². The van der Waals surface area contributed by atoms with E-state index in [4.69, 9.17) is 9.47 Å². The molecular weight excluding hydrogens is 720 g/mol. The van der Waals surface area contributed by atoms with Crippen LogP contribution in [-0.4, -0.2) is 66.9 Å². The van der Waals surface area contributed by atoms with Crippen LogP contribution in [0, 0.1) is 0 Å². The van der Waals surface area contributed by atoms with Crippen LogP contribution in [0.2, 0.25) is 0 Å². The van der Waals surface area contributed by atoms with Gasteiger partial charge >= 0.3 is 11.4 Å². The molecule has 1 aliphatic rings. The van der Waals surface area contributed by atoms with Gasteiger partial charge in [-0.2, -0.15) is 5.10 Å². The summed E-state index contributed by atoms with van der Waals surface area (Å²) in [5.74, 6) is 1.70. The number of methoxy groups -OCH3 is 2. The van der Waals surface area contributed by atoms with E-state index in [2.05, 4.69) is 60.6 Å². The Kier molecular flexibility index (Phi) is 12.4. The standard InChI is InChI=1S/C24H29N5O3.C12H12BrN3O3/c1-27-23(30)22(26-29(24(27)31)16-19-10-12-21(32-2)13-11-19)25-20-9-6-14-28(17-20)15-18-7-4-3-5-8-18;1-15-11(17)10(13)14-16(12(15)18)7-8-3-5-9(19-2)6-4-8/h3-5,7-8,10-13,20H,6,9,14-17H2,1-2H3,(H,25,26);3-6H,7H2,1-2H3/t20-;/m1./s1. The summed E-state index contributed by atoms with van der Waals surface area (Å²) in [6.07, 6.45) is 1.99. The molecule has 0 bridgehead atoms. The number of hydrogen-bond acceptors (Lipinski definition) is 10. The summed E-state index contributed by atoms with van der Waals surface area (Å²) in [7, 11) is 6.11. The highest BCUT2D eigenvalue weighted by molar-refractivity contribution is 9.10. The molecule has 1 saturated heterocycles. The summed E-state index contributed by atoms with van der Waals surface area (Å²) < 4.78 is 15.0. The molecule has 0 radical (unpaired) electrons. The minimum Gasteiger partial charge on any atom is -0.497 e. The highest BCUT2D eigenvalue weighted by atomic mass is 79.9. The lowest BCUT2D eigenvalue weighted by Gasteiger charge is -2.33. The lowest BCUT2D eigenvalue weighted by atomic mass is 10.0. The van der Waals surface area contributed by atoms with Crippen molar-refractivity contribution in [2.24, 2.45) is 14.1 Å². The van der Waals surface area contributed by atoms with Crippen molar-refractivity contribution in [2.75, 3.05) is 32.6 Å². The smallest absolute Gasteiger partial charge is 0.347 e. The summed E-state index contributed by atoms with van der Waals surface area (Å²) in [4.78, 5) is 51.1. The third kappa shape index (κ3) is 9.49. The lowest BCUT2D eigenvalue weighted by Crippen LogP contribution is -2.46. The predicted octanol–water partition coefficient (Wildman–Crippen LogP) is 2.84. The Morgan fingerprint density at radius 1 is 0.706 bits per heavy atom. The van der Waals surface area contributed by atoms with Crippen molar-refractivity contribution in [1.29, 1.82) is 0 Å². The summed E-state index contributed by atoms with van der Waals surface area (Å²) >= 11 is 3.04. The Bertz CT molecular complexity index is 2160. The monoisotopic (exact) mass is 760 g/mol. The third-order valence-electron chi connectivity index (χ3n) is 8.51. The number of ether oxygens (including phenoxy) is 2. The molecule has 1 fully saturated rings. The first kappa shape index (κ1) is 37.0. The van der Waals surface area contributed by atoms with Crippen molar-refractivity contribution in [3.05, 3.63) is 142 Å². The number of nitrogens with zero attached hydrogens (tertiary/aromatic N) is 7. The molecule has 14 nitrogen and oxygen atoms in total. The van der Waals surface area contributed by atoms with E-state index in [1.807, 2.05) is 42.5 Å². The Morgan fingerprint density at radius 2 is 1.22 bits per heavy atom. The van der Waals surface area contributed by atoms with Gasteiger partial charge in [-0.15, -0.1) is 5.10 Å². The van der Waals surface area contributed by atoms with Crippen molar-refractivity contribution in [1.82, 2.24) is 33.6 Å². The second kappa shape index (κ2) is 17.1. The highest BCUT2D eigenvalue weighted by Crippen LogP contribution is 2.17. The van der Waals surface area contributed by atoms with Crippen molar-refractivity contribution >= 4 is 21.7 Å². The van der Waals surface area contributed by atoms with Crippen molar-refractivity contribution < 1.29 is 9.47 Å². The SMILES string of the molecule is COc1ccc(Cn2nc(Br)c(=O)n(C)c2=O)cc1.COc1ccc(Cn2nc(N[C@@H]3CCCN(Cc4ccccc4)C3)c(=O)n(C)c2=O)cc1. The van der Waals surface area contributed by atoms with Gasteiger partial charge < -0.3 is 14.8 Å². The topological polar surface area (TPSA) is 148 Å². The molecule has 0 saturated carbocycles. The summed E-state index contributed by atoms with van der Waals surface area (Å²) in [6, 6.07) is 25.2. The second-order valence-electron chi connectivity index (χ2n) is 12.1. The number of halogens is 1. The van der Waals surface area contributed by atoms with Crippen molar-refractivity contribution in [3.8, 4) is 11.5 Å². The molecule has 0 aliphatic carbocycles. The fourth-order valence-electron chi connectivity index (χ4n) is 5.67. The number of aromatic nitrogens is 6. The number of anilines is 1. The zero-order chi connectivity index (χ0) is 36.5. The van der Waals surface area contributed by atoms with E-state index in [-0.39, 0.29) is 29.6 Å². The first-order chi connectivity index (χ1) is 24.6. The first-order valence-electron chi connectivity index (χ1n) is 16.4. The summed E-state index contributed by atoms with van der Waals surface area (Å²) in [5, 5.41) is 11.6. The molecule has 268 valence electrons. The van der Waals surface area contributed by atoms with Gasteiger partial charge in [0, 0.05) is 33.2 Å². The molecule has 1 N–H and O–H groups in total. The summed E-state index contributed by atoms with van der Waals surface area (Å²) in [5.41, 5.74) is 1.32. The number of likely N-dealkylation sites (tertiary alicyclic amines) is 1. The molecule has 5 aromatic rings. The van der Waals surface area contributed by atoms with Crippen LogP contribution in [0.4, 0.5) is 5.82 Å². The quantitative estimate of drug-likeness (QED) is 0.226. The minimum atomic E-state index is -0.455. The van der Waals surface area contributed by atoms with Gasteiger partial charge in [-0.1, -0.05) is 54.6 Å². The minimum absolute atomic E-state index is 0.0969. The van der Waals surface area contributed by atoms with Crippen LogP contribution >= 0.6 is 15.9 Å². The predicted molar refractivity (Wildman–Crippen MR) is 198 cm³/mol. The average molecular weight is 762 g/mol. The molecule has 0 amide bonds. The van der Waals surface area contributed by atoms with Crippen molar-refractivity contribution in [2.45, 2.75) is 38.5 Å². The number of rotatable bonds is 10. The highest BCUT2D eigenvalue weighted by Gasteiger charge is 2.22. The van der Waals surface area contributed by atoms with Gasteiger partial charge in [0.05, 0.1) is 27.3 Å². The van der Waals surface area contributed by atoms with Crippen LogP contribution < -0.4 is 37.3 Å². The van der Waals surface area contributed by atoms with E-state index in [0.717, 1.165) is 64.2 Å². The number of piperidine rings is 1. The first-order valence-corrected chi connectivity index (χ1v) is 17.2. The van der Waals surface area contributed by atoms with Gasteiger partial charge in [0.25, 0.3) is 11.1 Å². The van der Waals surface area contributed by atoms with Crippen LogP contribution in [0.25, 0.3) is 0 Å². The molecule has 1 aliphatic heterocycles. The Hall–Kier alpha value is -5.28. The van der Waals surface area contributed by atoms with Gasteiger partial charge in [0.2, 0.25) is 5.82 Å². The largest absolute Gasteiger partial charge is 0.497 e. The van der Waals surface area contributed by atoms with Gasteiger partial charge in [-0.05, 0) is 76.3 Å². The normalized spacial score (nSPS) is 14.3. The molecular formula is C36H41BrN8O6. The zero-order valence-corrected chi connectivity index (χ0v) is 30.6. The molecule has 6 rings (SSSR count). The van der Waals surface area contributed by atoms with Crippen LogP contribution in [0.1, 0.15) is 29.5 Å². The zero-order valence-electron chi connectivity index (χ0n) is 29.0. The number of nitrogens with one attached hydrogen (secondary N) is 1. The maximum atomic E-state index is 12.7. The maximum Gasteiger partial charge on any atom is 0.347 e. The van der Waals surface area contributed by atoms with Crippen LogP contribution in [0.5, 0.6) is 11.5 Å². The van der Waals surface area contributed by atoms with Gasteiger partial charge in [0.1, 0.15) is 11.5 Å². The average Bonchev–Trinajstić information content (AvgIpc) is 3.15. The summed E-state index contributed by atoms with van der Waals surface area (Å²) in [6.45, 7) is 3.28. The van der Waals surface area contributed by atoms with Crippen LogP contribution in [0.15, 0.2) is 103 Å². The number of benzene rings is 3. The van der Waals surface area contributed by atoms with E-state index in [9.17, 15) is 19.2 Å². The molecule has 3 aromatic carbocycles. The van der Waals surface area contributed by atoms with Gasteiger partial charge in [0.15, 0.2) is 4.60 Å². The van der Waals surface area contributed by atoms with E-state index >= 15 is 0 Å². The third-order valence-corrected chi connectivity index (χ3v) is 9.01. The fraction of sp³-hybridized carbons (Fsp3) is 0.333. The molecule has 0 spiro atoms. The van der Waals surface area contributed by atoms with E-state index in [1.165, 1.54) is 29.0 Å². The fourth-order valence-corrected chi connectivity index (χ4v) is 6.13. The van der Waals surface area contributed by atoms with Gasteiger partial charge in [-0.3, -0.25) is 23.6 Å². The van der Waals surface area contributed by atoms with E-state index in [0.29, 0.717) is 0 Å².